The molecule has 5 nitrogen and oxygen atoms in total. The van der Waals surface area contributed by atoms with E-state index in [1.54, 1.807) is 30.3 Å². The highest BCUT2D eigenvalue weighted by atomic mass is 16.2. The largest absolute Gasteiger partial charge is 0.399 e. The molecule has 0 saturated carbocycles. The molecule has 0 aromatic heterocycles. The number of carbonyl (C=O) groups is 1. The first-order valence-electron chi connectivity index (χ1n) is 6.07. The Morgan fingerprint density at radius 3 is 2.60 bits per heavy atom. The molecule has 2 aromatic rings. The first-order chi connectivity index (χ1) is 9.67. The van der Waals surface area contributed by atoms with Gasteiger partial charge in [-0.1, -0.05) is 12.1 Å². The Hall–Kier alpha value is -3.00. The SMILES string of the molecule is N#Cc1ccc(NC(=O)NCc2cccc(N)c2)cc1. The van der Waals surface area contributed by atoms with Gasteiger partial charge in [-0.05, 0) is 42.0 Å². The summed E-state index contributed by atoms with van der Waals surface area (Å²) < 4.78 is 0. The molecule has 0 heterocycles. The van der Waals surface area contributed by atoms with E-state index in [0.717, 1.165) is 5.56 Å². The van der Waals surface area contributed by atoms with Gasteiger partial charge in [-0.15, -0.1) is 0 Å². The predicted molar refractivity (Wildman–Crippen MR) is 77.9 cm³/mol. The van der Waals surface area contributed by atoms with E-state index < -0.39 is 0 Å². The zero-order valence-electron chi connectivity index (χ0n) is 10.8. The van der Waals surface area contributed by atoms with Gasteiger partial charge in [-0.2, -0.15) is 5.26 Å². The molecule has 20 heavy (non-hydrogen) atoms. The Bertz CT molecular complexity index is 644. The Balaban J connectivity index is 1.87. The van der Waals surface area contributed by atoms with Gasteiger partial charge in [0, 0.05) is 17.9 Å². The third-order valence-electron chi connectivity index (χ3n) is 2.68. The lowest BCUT2D eigenvalue weighted by Gasteiger charge is -2.08. The van der Waals surface area contributed by atoms with E-state index in [-0.39, 0.29) is 6.03 Å². The van der Waals surface area contributed by atoms with Crippen LogP contribution >= 0.6 is 0 Å². The minimum atomic E-state index is -0.308. The molecule has 2 aromatic carbocycles. The van der Waals surface area contributed by atoms with Crippen molar-refractivity contribution in [3.63, 3.8) is 0 Å². The van der Waals surface area contributed by atoms with Crippen LogP contribution in [0.1, 0.15) is 11.1 Å². The minimum absolute atomic E-state index is 0.308. The van der Waals surface area contributed by atoms with Crippen LogP contribution in [0.4, 0.5) is 16.2 Å². The van der Waals surface area contributed by atoms with Crippen LogP contribution in [0.5, 0.6) is 0 Å². The summed E-state index contributed by atoms with van der Waals surface area (Å²) in [4.78, 5) is 11.7. The molecule has 0 bridgehead atoms. The molecule has 0 radical (unpaired) electrons. The summed E-state index contributed by atoms with van der Waals surface area (Å²) in [6, 6.07) is 15.7. The number of nitrogens with zero attached hydrogens (tertiary/aromatic N) is 1. The van der Waals surface area contributed by atoms with Crippen molar-refractivity contribution in [1.82, 2.24) is 5.32 Å². The fourth-order valence-electron chi connectivity index (χ4n) is 1.69. The smallest absolute Gasteiger partial charge is 0.319 e. The van der Waals surface area contributed by atoms with Crippen molar-refractivity contribution in [2.45, 2.75) is 6.54 Å². The van der Waals surface area contributed by atoms with Crippen molar-refractivity contribution in [2.75, 3.05) is 11.1 Å². The van der Waals surface area contributed by atoms with Crippen molar-refractivity contribution >= 4 is 17.4 Å². The molecule has 100 valence electrons. The summed E-state index contributed by atoms with van der Waals surface area (Å²) in [5, 5.41) is 14.1. The number of nitriles is 1. The van der Waals surface area contributed by atoms with Gasteiger partial charge in [0.15, 0.2) is 0 Å². The molecule has 0 saturated heterocycles. The number of nitrogen functional groups attached to an aromatic ring is 1. The molecule has 0 spiro atoms. The minimum Gasteiger partial charge on any atom is -0.399 e. The number of carbonyl (C=O) groups excluding carboxylic acids is 1. The van der Waals surface area contributed by atoms with Crippen LogP contribution in [0.15, 0.2) is 48.5 Å². The van der Waals surface area contributed by atoms with E-state index in [0.29, 0.717) is 23.5 Å². The summed E-state index contributed by atoms with van der Waals surface area (Å²) >= 11 is 0. The normalized spacial score (nSPS) is 9.55. The lowest BCUT2D eigenvalue weighted by atomic mass is 10.2. The standard InChI is InChI=1S/C15H14N4O/c16-9-11-4-6-14(7-5-11)19-15(20)18-10-12-2-1-3-13(17)8-12/h1-8H,10,17H2,(H2,18,19,20). The lowest BCUT2D eigenvalue weighted by Crippen LogP contribution is -2.28. The van der Waals surface area contributed by atoms with E-state index in [1.807, 2.05) is 24.3 Å². The van der Waals surface area contributed by atoms with Crippen LogP contribution in [0.3, 0.4) is 0 Å². The summed E-state index contributed by atoms with van der Waals surface area (Å²) in [5.41, 5.74) is 8.44. The van der Waals surface area contributed by atoms with Gasteiger partial charge >= 0.3 is 6.03 Å². The molecular weight excluding hydrogens is 252 g/mol. The third kappa shape index (κ3) is 3.75. The summed E-state index contributed by atoms with van der Waals surface area (Å²) in [5.74, 6) is 0. The Labute approximate surface area is 117 Å². The molecule has 0 aliphatic heterocycles. The van der Waals surface area contributed by atoms with Gasteiger partial charge in [0.2, 0.25) is 0 Å². The van der Waals surface area contributed by atoms with E-state index in [4.69, 9.17) is 11.0 Å². The molecular formula is C15H14N4O. The van der Waals surface area contributed by atoms with Crippen LogP contribution < -0.4 is 16.4 Å². The number of anilines is 2. The topological polar surface area (TPSA) is 90.9 Å². The highest BCUT2D eigenvalue weighted by molar-refractivity contribution is 5.89. The Morgan fingerprint density at radius 1 is 1.20 bits per heavy atom. The molecule has 2 amide bonds. The second-order valence-electron chi connectivity index (χ2n) is 4.24. The van der Waals surface area contributed by atoms with Crippen molar-refractivity contribution in [3.05, 3.63) is 59.7 Å². The van der Waals surface area contributed by atoms with Crippen molar-refractivity contribution in [1.29, 1.82) is 5.26 Å². The average Bonchev–Trinajstić information content (AvgIpc) is 2.46. The molecule has 0 fully saturated rings. The fraction of sp³-hybridized carbons (Fsp3) is 0.0667. The highest BCUT2D eigenvalue weighted by Crippen LogP contribution is 2.09. The predicted octanol–water partition coefficient (Wildman–Crippen LogP) is 2.46. The molecule has 5 heteroatoms. The maximum Gasteiger partial charge on any atom is 0.319 e. The number of nitrogens with one attached hydrogen (secondary N) is 2. The summed E-state index contributed by atoms with van der Waals surface area (Å²) in [6.07, 6.45) is 0. The molecule has 2 rings (SSSR count). The quantitative estimate of drug-likeness (QED) is 0.745. The number of benzene rings is 2. The highest BCUT2D eigenvalue weighted by Gasteiger charge is 2.02. The number of nitrogens with two attached hydrogens (primary N) is 1. The first kappa shape index (κ1) is 13.4. The molecule has 4 N–H and O–H groups in total. The number of hydrogen-bond acceptors (Lipinski definition) is 3. The van der Waals surface area contributed by atoms with Crippen LogP contribution in [0, 0.1) is 11.3 Å². The van der Waals surface area contributed by atoms with Gasteiger partial charge in [0.1, 0.15) is 0 Å². The monoisotopic (exact) mass is 266 g/mol. The number of urea groups is 1. The maximum absolute atomic E-state index is 11.7. The van der Waals surface area contributed by atoms with Crippen LogP contribution in [0.25, 0.3) is 0 Å². The van der Waals surface area contributed by atoms with E-state index >= 15 is 0 Å². The van der Waals surface area contributed by atoms with Gasteiger partial charge < -0.3 is 16.4 Å². The van der Waals surface area contributed by atoms with Crippen molar-refractivity contribution < 1.29 is 4.79 Å². The zero-order valence-corrected chi connectivity index (χ0v) is 10.8. The number of hydrogen-bond donors (Lipinski definition) is 3. The van der Waals surface area contributed by atoms with E-state index in [1.165, 1.54) is 0 Å². The molecule has 0 unspecified atom stereocenters. The van der Waals surface area contributed by atoms with E-state index in [2.05, 4.69) is 10.6 Å². The van der Waals surface area contributed by atoms with E-state index in [9.17, 15) is 4.79 Å². The van der Waals surface area contributed by atoms with Crippen LogP contribution in [0.2, 0.25) is 0 Å². The van der Waals surface area contributed by atoms with Gasteiger partial charge in [0.05, 0.1) is 11.6 Å². The summed E-state index contributed by atoms with van der Waals surface area (Å²) in [6.45, 7) is 0.396. The van der Waals surface area contributed by atoms with Gasteiger partial charge in [-0.3, -0.25) is 0 Å². The second-order valence-corrected chi connectivity index (χ2v) is 4.24. The second kappa shape index (κ2) is 6.25. The lowest BCUT2D eigenvalue weighted by molar-refractivity contribution is 0.251. The van der Waals surface area contributed by atoms with Gasteiger partial charge in [0.25, 0.3) is 0 Å². The van der Waals surface area contributed by atoms with Gasteiger partial charge in [-0.25, -0.2) is 4.79 Å². The van der Waals surface area contributed by atoms with Crippen LogP contribution in [-0.4, -0.2) is 6.03 Å². The fourth-order valence-corrected chi connectivity index (χ4v) is 1.69. The average molecular weight is 266 g/mol. The maximum atomic E-state index is 11.7. The molecule has 0 atom stereocenters. The third-order valence-corrected chi connectivity index (χ3v) is 2.68. The molecule has 0 aliphatic carbocycles. The number of rotatable bonds is 3. The van der Waals surface area contributed by atoms with Crippen molar-refractivity contribution in [3.8, 4) is 6.07 Å². The van der Waals surface area contributed by atoms with Crippen LogP contribution in [-0.2, 0) is 6.54 Å². The number of amides is 2. The Kier molecular flexibility index (Phi) is 4.20. The zero-order chi connectivity index (χ0) is 14.4. The first-order valence-corrected chi connectivity index (χ1v) is 6.07. The summed E-state index contributed by atoms with van der Waals surface area (Å²) in [7, 11) is 0. The Morgan fingerprint density at radius 2 is 1.95 bits per heavy atom. The molecule has 0 aliphatic rings. The van der Waals surface area contributed by atoms with Crippen molar-refractivity contribution in [2.24, 2.45) is 0 Å².